The summed E-state index contributed by atoms with van der Waals surface area (Å²) in [7, 11) is -0.758. The van der Waals surface area contributed by atoms with Gasteiger partial charge in [-0.1, -0.05) is 6.07 Å². The lowest BCUT2D eigenvalue weighted by Gasteiger charge is -2.09. The summed E-state index contributed by atoms with van der Waals surface area (Å²) in [6.45, 7) is 3.44. The first kappa shape index (κ1) is 23.7. The summed E-state index contributed by atoms with van der Waals surface area (Å²) < 4.78 is 38.1. The van der Waals surface area contributed by atoms with Crippen molar-refractivity contribution in [1.29, 1.82) is 0 Å². The number of ether oxygens (including phenoxy) is 2. The van der Waals surface area contributed by atoms with Crippen LogP contribution in [-0.2, 0) is 14.8 Å². The van der Waals surface area contributed by atoms with Crippen LogP contribution in [0.3, 0.4) is 0 Å². The summed E-state index contributed by atoms with van der Waals surface area (Å²) in [5.41, 5.74) is 1.86. The van der Waals surface area contributed by atoms with Crippen molar-refractivity contribution in [2.24, 2.45) is 0 Å². The van der Waals surface area contributed by atoms with E-state index in [4.69, 9.17) is 9.47 Å². The molecule has 0 spiro atoms. The molecule has 1 aromatic heterocycles. The second-order valence-electron chi connectivity index (χ2n) is 7.01. The monoisotopic (exact) mass is 468 g/mol. The van der Waals surface area contributed by atoms with Crippen LogP contribution in [0.4, 0.5) is 11.5 Å². The summed E-state index contributed by atoms with van der Waals surface area (Å²) in [6.07, 6.45) is 3.00. The zero-order chi connectivity index (χ0) is 24.0. The molecular weight excluding hydrogens is 444 g/mol. The zero-order valence-electron chi connectivity index (χ0n) is 18.6. The molecule has 0 aliphatic heterocycles. The predicted octanol–water partition coefficient (Wildman–Crippen LogP) is 3.56. The zero-order valence-corrected chi connectivity index (χ0v) is 19.4. The highest BCUT2D eigenvalue weighted by molar-refractivity contribution is 7.92. The fourth-order valence-corrected chi connectivity index (χ4v) is 3.99. The van der Waals surface area contributed by atoms with Crippen molar-refractivity contribution >= 4 is 33.5 Å². The summed E-state index contributed by atoms with van der Waals surface area (Å²) in [4.78, 5) is 20.5. The van der Waals surface area contributed by atoms with Gasteiger partial charge in [-0.15, -0.1) is 0 Å². The van der Waals surface area contributed by atoms with Crippen molar-refractivity contribution in [3.63, 3.8) is 0 Å². The maximum atomic E-state index is 12.6. The van der Waals surface area contributed by atoms with Gasteiger partial charge in [-0.05, 0) is 61.9 Å². The molecule has 0 bridgehead atoms. The van der Waals surface area contributed by atoms with Crippen LogP contribution in [0.5, 0.6) is 11.5 Å². The van der Waals surface area contributed by atoms with Gasteiger partial charge >= 0.3 is 0 Å². The van der Waals surface area contributed by atoms with Crippen LogP contribution in [-0.4, -0.2) is 38.5 Å². The van der Waals surface area contributed by atoms with Gasteiger partial charge in [0.1, 0.15) is 11.6 Å². The second kappa shape index (κ2) is 10.1. The average molecular weight is 469 g/mol. The molecule has 1 heterocycles. The fraction of sp³-hybridized carbons (Fsp3) is 0.174. The first-order valence-corrected chi connectivity index (χ1v) is 11.3. The molecule has 1 amide bonds. The molecule has 10 heteroatoms. The van der Waals surface area contributed by atoms with Gasteiger partial charge in [0.05, 0.1) is 19.1 Å². The third-order valence-electron chi connectivity index (χ3n) is 4.47. The molecule has 0 saturated carbocycles. The second-order valence-corrected chi connectivity index (χ2v) is 8.69. The number of benzene rings is 2. The van der Waals surface area contributed by atoms with Gasteiger partial charge in [0.15, 0.2) is 11.5 Å². The van der Waals surface area contributed by atoms with Gasteiger partial charge in [-0.2, -0.15) is 0 Å². The number of aromatic nitrogens is 2. The van der Waals surface area contributed by atoms with E-state index in [2.05, 4.69) is 20.0 Å². The fourth-order valence-electron chi connectivity index (χ4n) is 3.00. The Morgan fingerprint density at radius 2 is 1.64 bits per heavy atom. The van der Waals surface area contributed by atoms with E-state index in [1.54, 1.807) is 51.3 Å². The number of amides is 1. The molecule has 3 rings (SSSR count). The van der Waals surface area contributed by atoms with Crippen molar-refractivity contribution < 1.29 is 22.7 Å². The number of anilines is 2. The molecule has 0 saturated heterocycles. The number of nitrogens with zero attached hydrogens (tertiary/aromatic N) is 2. The van der Waals surface area contributed by atoms with Crippen LogP contribution in [0.15, 0.2) is 59.5 Å². The van der Waals surface area contributed by atoms with Gasteiger partial charge in [-0.3, -0.25) is 9.52 Å². The number of methoxy groups -OCH3 is 2. The summed E-state index contributed by atoms with van der Waals surface area (Å²) in [6, 6.07) is 12.6. The molecule has 2 aromatic carbocycles. The van der Waals surface area contributed by atoms with E-state index in [1.165, 1.54) is 37.5 Å². The lowest BCUT2D eigenvalue weighted by Crippen LogP contribution is -2.15. The third kappa shape index (κ3) is 6.30. The minimum atomic E-state index is -3.84. The molecule has 0 aliphatic rings. The highest BCUT2D eigenvalue weighted by Crippen LogP contribution is 2.28. The summed E-state index contributed by atoms with van der Waals surface area (Å²) in [5, 5.41) is 2.69. The first-order valence-electron chi connectivity index (χ1n) is 9.86. The van der Waals surface area contributed by atoms with Crippen molar-refractivity contribution in [3.8, 4) is 11.5 Å². The Morgan fingerprint density at radius 3 is 2.27 bits per heavy atom. The van der Waals surface area contributed by atoms with Gasteiger partial charge in [0, 0.05) is 23.5 Å². The lowest BCUT2D eigenvalue weighted by atomic mass is 10.2. The number of carbonyl (C=O) groups is 1. The molecule has 0 aliphatic carbocycles. The molecule has 172 valence electrons. The number of aryl methyl sites for hydroxylation is 2. The molecule has 0 atom stereocenters. The van der Waals surface area contributed by atoms with Crippen molar-refractivity contribution in [2.45, 2.75) is 18.7 Å². The first-order chi connectivity index (χ1) is 15.7. The molecule has 0 fully saturated rings. The smallest absolute Gasteiger partial charge is 0.263 e. The number of carbonyl (C=O) groups excluding carboxylic acids is 1. The van der Waals surface area contributed by atoms with E-state index in [0.29, 0.717) is 28.7 Å². The molecule has 2 N–H and O–H groups in total. The molecular formula is C23H24N4O5S. The van der Waals surface area contributed by atoms with E-state index in [0.717, 1.165) is 5.56 Å². The average Bonchev–Trinajstić information content (AvgIpc) is 2.76. The Bertz CT molecular complexity index is 1270. The Morgan fingerprint density at radius 1 is 0.939 bits per heavy atom. The quantitative estimate of drug-likeness (QED) is 0.485. The molecule has 33 heavy (non-hydrogen) atoms. The van der Waals surface area contributed by atoms with Crippen molar-refractivity contribution in [3.05, 3.63) is 71.7 Å². The van der Waals surface area contributed by atoms with Crippen LogP contribution in [0, 0.1) is 13.8 Å². The van der Waals surface area contributed by atoms with Crippen LogP contribution < -0.4 is 19.5 Å². The van der Waals surface area contributed by atoms with Gasteiger partial charge < -0.3 is 14.8 Å². The maximum absolute atomic E-state index is 12.6. The highest BCUT2D eigenvalue weighted by atomic mass is 32.2. The minimum Gasteiger partial charge on any atom is -0.493 e. The lowest BCUT2D eigenvalue weighted by molar-refractivity contribution is -0.111. The third-order valence-corrected chi connectivity index (χ3v) is 5.84. The topological polar surface area (TPSA) is 120 Å². The Kier molecular flexibility index (Phi) is 7.29. The van der Waals surface area contributed by atoms with Gasteiger partial charge in [0.2, 0.25) is 5.91 Å². The maximum Gasteiger partial charge on any atom is 0.263 e. The van der Waals surface area contributed by atoms with Gasteiger partial charge in [-0.25, -0.2) is 18.4 Å². The van der Waals surface area contributed by atoms with Crippen molar-refractivity contribution in [1.82, 2.24) is 9.97 Å². The number of sulfonamides is 1. The standard InChI is InChI=1S/C23H24N4O5S/c1-15-13-22(25-16(2)24-15)27-33(29,30)19-9-7-18(8-10-19)26-23(28)12-6-17-5-11-20(31-3)21(14-17)32-4/h5-14H,1-4H3,(H,26,28)(H,24,25,27). The molecule has 0 radical (unpaired) electrons. The number of rotatable bonds is 8. The number of hydrogen-bond acceptors (Lipinski definition) is 7. The van der Waals surface area contributed by atoms with E-state index in [-0.39, 0.29) is 16.6 Å². The molecule has 3 aromatic rings. The Labute approximate surface area is 192 Å². The van der Waals surface area contributed by atoms with Crippen LogP contribution in [0.2, 0.25) is 0 Å². The minimum absolute atomic E-state index is 0.0373. The summed E-state index contributed by atoms with van der Waals surface area (Å²) in [5.74, 6) is 1.43. The Hall–Kier alpha value is -3.92. The van der Waals surface area contributed by atoms with Crippen LogP contribution >= 0.6 is 0 Å². The van der Waals surface area contributed by atoms with Gasteiger partial charge in [0.25, 0.3) is 10.0 Å². The Balaban J connectivity index is 1.66. The van der Waals surface area contributed by atoms with E-state index in [9.17, 15) is 13.2 Å². The van der Waals surface area contributed by atoms with E-state index >= 15 is 0 Å². The number of nitrogens with one attached hydrogen (secondary N) is 2. The number of hydrogen-bond donors (Lipinski definition) is 2. The van der Waals surface area contributed by atoms with E-state index < -0.39 is 10.0 Å². The highest BCUT2D eigenvalue weighted by Gasteiger charge is 2.15. The molecule has 0 unspecified atom stereocenters. The SMILES string of the molecule is COc1ccc(C=CC(=O)Nc2ccc(S(=O)(=O)Nc3cc(C)nc(C)n3)cc2)cc1OC. The normalized spacial score (nSPS) is 11.3. The van der Waals surface area contributed by atoms with Crippen LogP contribution in [0.25, 0.3) is 6.08 Å². The van der Waals surface area contributed by atoms with E-state index in [1.807, 2.05) is 0 Å². The predicted molar refractivity (Wildman–Crippen MR) is 126 cm³/mol. The summed E-state index contributed by atoms with van der Waals surface area (Å²) >= 11 is 0. The van der Waals surface area contributed by atoms with Crippen LogP contribution in [0.1, 0.15) is 17.1 Å². The molecule has 9 nitrogen and oxygen atoms in total. The van der Waals surface area contributed by atoms with Crippen molar-refractivity contribution in [2.75, 3.05) is 24.3 Å². The largest absolute Gasteiger partial charge is 0.493 e.